The smallest absolute Gasteiger partial charge is 0.200 e. The highest BCUT2D eigenvalue weighted by Crippen LogP contribution is 2.27. The number of hydrogen-bond donors (Lipinski definition) is 2. The first-order chi connectivity index (χ1) is 10.5. The molecule has 0 aromatic rings. The lowest BCUT2D eigenvalue weighted by Crippen LogP contribution is -2.27. The molecule has 2 N–H and O–H groups in total. The first kappa shape index (κ1) is 17.7. The van der Waals surface area contributed by atoms with Crippen LogP contribution in [0.4, 0.5) is 0 Å². The van der Waals surface area contributed by atoms with Crippen molar-refractivity contribution in [3.8, 4) is 23.7 Å². The molecule has 0 aromatic carbocycles. The molecule has 4 nitrogen and oxygen atoms in total. The van der Waals surface area contributed by atoms with E-state index in [0.717, 1.165) is 0 Å². The van der Waals surface area contributed by atoms with E-state index < -0.39 is 24.8 Å². The highest BCUT2D eigenvalue weighted by molar-refractivity contribution is 6.27. The minimum absolute atomic E-state index is 0.0299. The number of rotatable bonds is 4. The van der Waals surface area contributed by atoms with Gasteiger partial charge in [-0.25, -0.2) is 0 Å². The van der Waals surface area contributed by atoms with Gasteiger partial charge in [-0.1, -0.05) is 17.9 Å². The van der Waals surface area contributed by atoms with E-state index in [-0.39, 0.29) is 34.3 Å². The number of aliphatic hydroxyl groups excluding tert-OH is 2. The number of Topliss-reactive ketones (excluding diaryl/α,β-unsaturated/α-hetero) is 2. The summed E-state index contributed by atoms with van der Waals surface area (Å²) >= 11 is 0. The van der Waals surface area contributed by atoms with Gasteiger partial charge in [-0.3, -0.25) is 9.59 Å². The molecule has 0 amide bonds. The molecule has 22 heavy (non-hydrogen) atoms. The molecule has 0 aliphatic heterocycles. The molecule has 0 unspecified atom stereocenters. The SMILES string of the molecule is [CH]/C(C#CC)=C/CC1=C(C#CC)C(=O)C(CO)=C(CO)C1=O. The molecular formula is C18H16O4. The summed E-state index contributed by atoms with van der Waals surface area (Å²) < 4.78 is 0. The van der Waals surface area contributed by atoms with Crippen LogP contribution in [0.1, 0.15) is 20.3 Å². The third-order valence-electron chi connectivity index (χ3n) is 3.08. The monoisotopic (exact) mass is 296 g/mol. The second-order valence-corrected chi connectivity index (χ2v) is 4.40. The van der Waals surface area contributed by atoms with Gasteiger partial charge in [-0.05, 0) is 20.3 Å². The van der Waals surface area contributed by atoms with Crippen LogP contribution in [0.3, 0.4) is 0 Å². The van der Waals surface area contributed by atoms with Crippen molar-refractivity contribution in [2.75, 3.05) is 13.2 Å². The molecule has 0 saturated carbocycles. The van der Waals surface area contributed by atoms with E-state index in [9.17, 15) is 19.8 Å². The van der Waals surface area contributed by atoms with Gasteiger partial charge in [0.25, 0.3) is 0 Å². The quantitative estimate of drug-likeness (QED) is 0.594. The van der Waals surface area contributed by atoms with Crippen molar-refractivity contribution in [2.45, 2.75) is 20.3 Å². The van der Waals surface area contributed by atoms with Crippen LogP contribution in [0.5, 0.6) is 0 Å². The Morgan fingerprint density at radius 2 is 1.64 bits per heavy atom. The lowest BCUT2D eigenvalue weighted by atomic mass is 9.83. The summed E-state index contributed by atoms with van der Waals surface area (Å²) in [7, 11) is 0. The van der Waals surface area contributed by atoms with Gasteiger partial charge < -0.3 is 10.2 Å². The van der Waals surface area contributed by atoms with Gasteiger partial charge in [0.15, 0.2) is 5.78 Å². The van der Waals surface area contributed by atoms with Gasteiger partial charge in [-0.15, -0.1) is 11.8 Å². The molecule has 0 fully saturated rings. The number of hydrogen-bond acceptors (Lipinski definition) is 4. The summed E-state index contributed by atoms with van der Waals surface area (Å²) in [5, 5.41) is 18.6. The highest BCUT2D eigenvalue weighted by Gasteiger charge is 2.32. The Hall–Kier alpha value is -2.40. The van der Waals surface area contributed by atoms with Crippen molar-refractivity contribution in [3.05, 3.63) is 40.9 Å². The Labute approximate surface area is 130 Å². The van der Waals surface area contributed by atoms with Crippen molar-refractivity contribution in [1.82, 2.24) is 0 Å². The van der Waals surface area contributed by atoms with E-state index >= 15 is 0 Å². The number of ketones is 2. The average molecular weight is 296 g/mol. The molecule has 0 heterocycles. The Bertz CT molecular complexity index is 710. The molecule has 112 valence electrons. The van der Waals surface area contributed by atoms with E-state index in [1.165, 1.54) is 6.08 Å². The number of allylic oxidation sites excluding steroid dienone is 4. The summed E-state index contributed by atoms with van der Waals surface area (Å²) in [6.07, 6.45) is 1.60. The molecule has 0 bridgehead atoms. The molecule has 4 heteroatoms. The molecular weight excluding hydrogens is 280 g/mol. The first-order valence-electron chi connectivity index (χ1n) is 6.59. The molecule has 0 saturated heterocycles. The zero-order valence-corrected chi connectivity index (χ0v) is 12.5. The Balaban J connectivity index is 3.40. The summed E-state index contributed by atoms with van der Waals surface area (Å²) in [5.74, 6) is 9.41. The molecule has 0 aromatic heterocycles. The third kappa shape index (κ3) is 3.62. The van der Waals surface area contributed by atoms with E-state index in [4.69, 9.17) is 6.92 Å². The fourth-order valence-electron chi connectivity index (χ4n) is 2.05. The van der Waals surface area contributed by atoms with Gasteiger partial charge in [0.2, 0.25) is 5.78 Å². The number of carbonyl (C=O) groups is 2. The van der Waals surface area contributed by atoms with Crippen molar-refractivity contribution < 1.29 is 19.8 Å². The predicted octanol–water partition coefficient (Wildman–Crippen LogP) is 0.790. The molecule has 1 rings (SSSR count). The summed E-state index contributed by atoms with van der Waals surface area (Å²) in [5.41, 5.74) is 0.252. The van der Waals surface area contributed by atoms with Crippen LogP contribution in [0.25, 0.3) is 0 Å². The van der Waals surface area contributed by atoms with E-state index in [1.807, 2.05) is 0 Å². The number of aliphatic hydroxyl groups is 2. The standard InChI is InChI=1S/C18H16O4/c1-4-6-12(3)8-9-14-13(7-5-2)17(21)15(10-19)16(11-20)18(14)22/h3,8,19-20H,9-11H2,1-2H3/b12-8-. The van der Waals surface area contributed by atoms with E-state index in [2.05, 4.69) is 23.7 Å². The Morgan fingerprint density at radius 3 is 2.14 bits per heavy atom. The zero-order valence-electron chi connectivity index (χ0n) is 12.5. The second kappa shape index (κ2) is 8.14. The van der Waals surface area contributed by atoms with Crippen LogP contribution >= 0.6 is 0 Å². The minimum Gasteiger partial charge on any atom is -0.392 e. The van der Waals surface area contributed by atoms with Gasteiger partial charge >= 0.3 is 0 Å². The van der Waals surface area contributed by atoms with Gasteiger partial charge in [0, 0.05) is 29.2 Å². The zero-order chi connectivity index (χ0) is 16.7. The largest absolute Gasteiger partial charge is 0.392 e. The van der Waals surface area contributed by atoms with Crippen LogP contribution in [0.2, 0.25) is 0 Å². The number of carbonyl (C=O) groups excluding carboxylic acids is 2. The van der Waals surface area contributed by atoms with Crippen molar-refractivity contribution >= 4 is 11.6 Å². The van der Waals surface area contributed by atoms with Crippen LogP contribution in [-0.4, -0.2) is 35.0 Å². The average Bonchev–Trinajstić information content (AvgIpc) is 2.50. The Morgan fingerprint density at radius 1 is 1.05 bits per heavy atom. The summed E-state index contributed by atoms with van der Waals surface area (Å²) in [6.45, 7) is 7.58. The van der Waals surface area contributed by atoms with E-state index in [0.29, 0.717) is 0 Å². The molecule has 2 radical (unpaired) electrons. The van der Waals surface area contributed by atoms with Crippen molar-refractivity contribution in [3.63, 3.8) is 0 Å². The van der Waals surface area contributed by atoms with Crippen LogP contribution in [0, 0.1) is 30.6 Å². The lowest BCUT2D eigenvalue weighted by Gasteiger charge is -2.19. The fraction of sp³-hybridized carbons (Fsp3) is 0.278. The lowest BCUT2D eigenvalue weighted by molar-refractivity contribution is -0.117. The van der Waals surface area contributed by atoms with Crippen LogP contribution in [0.15, 0.2) is 33.9 Å². The maximum absolute atomic E-state index is 12.4. The second-order valence-electron chi connectivity index (χ2n) is 4.40. The predicted molar refractivity (Wildman–Crippen MR) is 82.1 cm³/mol. The van der Waals surface area contributed by atoms with Crippen molar-refractivity contribution in [1.29, 1.82) is 0 Å². The minimum atomic E-state index is -0.623. The van der Waals surface area contributed by atoms with Crippen LogP contribution in [-0.2, 0) is 9.59 Å². The fourth-order valence-corrected chi connectivity index (χ4v) is 2.05. The molecule has 1 aliphatic rings. The molecule has 0 spiro atoms. The summed E-state index contributed by atoms with van der Waals surface area (Å²) in [4.78, 5) is 24.7. The Kier molecular flexibility index (Phi) is 6.53. The van der Waals surface area contributed by atoms with Crippen molar-refractivity contribution in [2.24, 2.45) is 0 Å². The van der Waals surface area contributed by atoms with Gasteiger partial charge in [-0.2, -0.15) is 0 Å². The normalized spacial score (nSPS) is 15.4. The maximum atomic E-state index is 12.4. The molecule has 1 aliphatic carbocycles. The van der Waals surface area contributed by atoms with Gasteiger partial charge in [0.05, 0.1) is 18.8 Å². The maximum Gasteiger partial charge on any atom is 0.200 e. The van der Waals surface area contributed by atoms with Gasteiger partial charge in [0.1, 0.15) is 0 Å². The highest BCUT2D eigenvalue weighted by atomic mass is 16.3. The van der Waals surface area contributed by atoms with E-state index in [1.54, 1.807) is 13.8 Å². The third-order valence-corrected chi connectivity index (χ3v) is 3.08. The topological polar surface area (TPSA) is 74.6 Å². The van der Waals surface area contributed by atoms with Crippen LogP contribution < -0.4 is 0 Å². The molecule has 0 atom stereocenters. The first-order valence-corrected chi connectivity index (χ1v) is 6.59. The summed E-state index contributed by atoms with van der Waals surface area (Å²) in [6, 6.07) is 0.